The van der Waals surface area contributed by atoms with E-state index >= 15 is 0 Å². The lowest BCUT2D eigenvalue weighted by Gasteiger charge is -2.32. The number of hydrogen-bond acceptors (Lipinski definition) is 12. The van der Waals surface area contributed by atoms with E-state index in [0.29, 0.717) is 4.90 Å². The summed E-state index contributed by atoms with van der Waals surface area (Å²) >= 11 is 7.12. The molecular weight excluding hydrogens is 631 g/mol. The predicted molar refractivity (Wildman–Crippen MR) is 147 cm³/mol. The number of pyridine rings is 1. The second-order valence-corrected chi connectivity index (χ2v) is 10.7. The zero-order valence-electron chi connectivity index (χ0n) is 23.6. The standard InChI is InChI=1S/C27H25ClF3N5O7S/c1-13(41-15(3)38)25(12-40-14(2)37)43-27(44-18-7-19(28)22(8-32)33-9-18)24(42-16(4)39)11-36-10-23(34-35-36)17-5-20(29)26(31)21(30)6-17/h5-7,9-10,13,24-25,27H,11-12H2,1-4H3/t13-,24+,25?,27?/m1/s1. The highest BCUT2D eigenvalue weighted by molar-refractivity contribution is 7.99. The molecule has 0 fully saturated rings. The van der Waals surface area contributed by atoms with Gasteiger partial charge in [-0.1, -0.05) is 28.6 Å². The Kier molecular flexibility index (Phi) is 12.1. The minimum atomic E-state index is -1.64. The first kappa shape index (κ1) is 34.3. The first-order chi connectivity index (χ1) is 20.8. The summed E-state index contributed by atoms with van der Waals surface area (Å²) < 4.78 is 64.4. The van der Waals surface area contributed by atoms with Crippen LogP contribution in [0.15, 0.2) is 35.5 Å². The highest BCUT2D eigenvalue weighted by atomic mass is 35.5. The molecule has 17 heteroatoms. The fraction of sp³-hybridized carbons (Fsp3) is 0.370. The average molecular weight is 656 g/mol. The van der Waals surface area contributed by atoms with Crippen LogP contribution in [0.5, 0.6) is 0 Å². The van der Waals surface area contributed by atoms with Gasteiger partial charge >= 0.3 is 17.9 Å². The van der Waals surface area contributed by atoms with E-state index in [9.17, 15) is 32.8 Å². The largest absolute Gasteiger partial charge is 0.463 e. The Balaban J connectivity index is 2.00. The molecule has 0 N–H and O–H groups in total. The van der Waals surface area contributed by atoms with Crippen LogP contribution in [0, 0.1) is 28.8 Å². The fourth-order valence-corrected chi connectivity index (χ4v) is 5.02. The van der Waals surface area contributed by atoms with Crippen molar-refractivity contribution in [2.45, 2.75) is 62.9 Å². The summed E-state index contributed by atoms with van der Waals surface area (Å²) in [7, 11) is 0. The van der Waals surface area contributed by atoms with E-state index in [0.717, 1.165) is 30.8 Å². The van der Waals surface area contributed by atoms with Gasteiger partial charge in [0, 0.05) is 37.4 Å². The third kappa shape index (κ3) is 9.66. The van der Waals surface area contributed by atoms with E-state index in [1.807, 2.05) is 6.07 Å². The lowest BCUT2D eigenvalue weighted by atomic mass is 10.1. The second-order valence-electron chi connectivity index (χ2n) is 9.12. The summed E-state index contributed by atoms with van der Waals surface area (Å²) in [5.41, 5.74) is -1.32. The molecule has 2 unspecified atom stereocenters. The predicted octanol–water partition coefficient (Wildman–Crippen LogP) is 4.23. The molecule has 3 aromatic rings. The van der Waals surface area contributed by atoms with Crippen LogP contribution in [0.4, 0.5) is 13.2 Å². The summed E-state index contributed by atoms with van der Waals surface area (Å²) in [6.45, 7) is 4.41. The zero-order chi connectivity index (χ0) is 32.6. The minimum Gasteiger partial charge on any atom is -0.463 e. The minimum absolute atomic E-state index is 0.0196. The van der Waals surface area contributed by atoms with Gasteiger partial charge in [-0.25, -0.2) is 22.8 Å². The monoisotopic (exact) mass is 655 g/mol. The highest BCUT2D eigenvalue weighted by Crippen LogP contribution is 2.32. The van der Waals surface area contributed by atoms with E-state index < -0.39 is 59.1 Å². The smallest absolute Gasteiger partial charge is 0.303 e. The number of carbonyl (C=O) groups is 3. The second kappa shape index (κ2) is 15.5. The molecule has 3 rings (SSSR count). The number of nitriles is 1. The van der Waals surface area contributed by atoms with Crippen LogP contribution in [0.25, 0.3) is 11.3 Å². The Morgan fingerprint density at radius 2 is 1.70 bits per heavy atom. The number of carbonyl (C=O) groups excluding carboxylic acids is 3. The number of aromatic nitrogens is 4. The van der Waals surface area contributed by atoms with E-state index in [1.54, 1.807) is 0 Å². The molecule has 0 spiro atoms. The number of esters is 3. The quantitative estimate of drug-likeness (QED) is 0.0850. The van der Waals surface area contributed by atoms with Crippen molar-refractivity contribution in [1.82, 2.24) is 20.0 Å². The molecule has 0 bridgehead atoms. The van der Waals surface area contributed by atoms with Crippen LogP contribution in [-0.4, -0.2) is 68.2 Å². The van der Waals surface area contributed by atoms with Crippen LogP contribution >= 0.6 is 23.4 Å². The molecule has 0 saturated carbocycles. The molecule has 4 atom stereocenters. The maximum Gasteiger partial charge on any atom is 0.303 e. The Labute approximate surface area is 258 Å². The molecular formula is C27H25ClF3N5O7S. The van der Waals surface area contributed by atoms with Crippen molar-refractivity contribution in [3.8, 4) is 17.3 Å². The topological polar surface area (TPSA) is 156 Å². The van der Waals surface area contributed by atoms with Gasteiger partial charge in [0.2, 0.25) is 0 Å². The third-order valence-corrected chi connectivity index (χ3v) is 7.05. The van der Waals surface area contributed by atoms with Crippen LogP contribution < -0.4 is 0 Å². The molecule has 0 aliphatic heterocycles. The number of hydrogen-bond donors (Lipinski definition) is 0. The van der Waals surface area contributed by atoms with Crippen LogP contribution in [-0.2, 0) is 39.9 Å². The van der Waals surface area contributed by atoms with Crippen LogP contribution in [0.3, 0.4) is 0 Å². The van der Waals surface area contributed by atoms with Crippen molar-refractivity contribution in [2.24, 2.45) is 0 Å². The Morgan fingerprint density at radius 3 is 2.27 bits per heavy atom. The summed E-state index contributed by atoms with van der Waals surface area (Å²) in [6.07, 6.45) is -0.596. The number of halogens is 4. The summed E-state index contributed by atoms with van der Waals surface area (Å²) in [5.74, 6) is -6.49. The van der Waals surface area contributed by atoms with Gasteiger partial charge in [-0.15, -0.1) is 5.10 Å². The molecule has 0 aliphatic carbocycles. The van der Waals surface area contributed by atoms with Crippen molar-refractivity contribution < 1.29 is 46.5 Å². The van der Waals surface area contributed by atoms with E-state index in [-0.39, 0.29) is 35.1 Å². The van der Waals surface area contributed by atoms with E-state index in [1.165, 1.54) is 43.9 Å². The lowest BCUT2D eigenvalue weighted by molar-refractivity contribution is -0.170. The van der Waals surface area contributed by atoms with Crippen LogP contribution in [0.1, 0.15) is 33.4 Å². The number of thioether (sulfide) groups is 1. The summed E-state index contributed by atoms with van der Waals surface area (Å²) in [4.78, 5) is 39.8. The maximum absolute atomic E-state index is 13.8. The van der Waals surface area contributed by atoms with Crippen molar-refractivity contribution in [1.29, 1.82) is 5.26 Å². The molecule has 0 radical (unpaired) electrons. The van der Waals surface area contributed by atoms with Gasteiger partial charge in [-0.05, 0) is 25.1 Å². The Morgan fingerprint density at radius 1 is 1.05 bits per heavy atom. The van der Waals surface area contributed by atoms with Crippen molar-refractivity contribution in [3.63, 3.8) is 0 Å². The van der Waals surface area contributed by atoms with Crippen LogP contribution in [0.2, 0.25) is 5.02 Å². The normalized spacial score (nSPS) is 13.7. The Hall–Kier alpha value is -4.20. The highest BCUT2D eigenvalue weighted by Gasteiger charge is 2.34. The summed E-state index contributed by atoms with van der Waals surface area (Å²) in [6, 6.07) is 4.76. The number of benzene rings is 1. The van der Waals surface area contributed by atoms with Gasteiger partial charge in [0.1, 0.15) is 36.0 Å². The molecule has 234 valence electrons. The van der Waals surface area contributed by atoms with Crippen molar-refractivity contribution in [2.75, 3.05) is 6.61 Å². The number of rotatable bonds is 13. The fourth-order valence-electron chi connectivity index (χ4n) is 3.69. The number of ether oxygens (including phenoxy) is 4. The van der Waals surface area contributed by atoms with Crippen molar-refractivity contribution in [3.05, 3.63) is 58.8 Å². The van der Waals surface area contributed by atoms with E-state index in [2.05, 4.69) is 15.3 Å². The maximum atomic E-state index is 13.8. The average Bonchev–Trinajstić information content (AvgIpc) is 3.40. The zero-order valence-corrected chi connectivity index (χ0v) is 25.2. The molecule has 12 nitrogen and oxygen atoms in total. The molecule has 0 amide bonds. The third-order valence-electron chi connectivity index (χ3n) is 5.62. The van der Waals surface area contributed by atoms with E-state index in [4.69, 9.17) is 30.5 Å². The van der Waals surface area contributed by atoms with Gasteiger partial charge in [0.05, 0.1) is 17.8 Å². The molecule has 2 aromatic heterocycles. The van der Waals surface area contributed by atoms with Crippen molar-refractivity contribution >= 4 is 41.3 Å². The van der Waals surface area contributed by atoms with Gasteiger partial charge in [0.15, 0.2) is 29.2 Å². The molecule has 0 aliphatic rings. The summed E-state index contributed by atoms with van der Waals surface area (Å²) in [5, 5.41) is 17.0. The molecule has 0 saturated heterocycles. The van der Waals surface area contributed by atoms with Gasteiger partial charge in [0.25, 0.3) is 0 Å². The van der Waals surface area contributed by atoms with Gasteiger partial charge < -0.3 is 18.9 Å². The Bertz CT molecular complexity index is 1550. The molecule has 44 heavy (non-hydrogen) atoms. The lowest BCUT2D eigenvalue weighted by Crippen LogP contribution is -2.43. The first-order valence-corrected chi connectivity index (χ1v) is 13.9. The van der Waals surface area contributed by atoms with Gasteiger partial charge in [-0.2, -0.15) is 5.26 Å². The number of nitrogens with zero attached hydrogens (tertiary/aromatic N) is 5. The van der Waals surface area contributed by atoms with Gasteiger partial charge in [-0.3, -0.25) is 14.4 Å². The molecule has 1 aromatic carbocycles. The molecule has 2 heterocycles. The first-order valence-electron chi connectivity index (χ1n) is 12.7. The SMILES string of the molecule is CC(=O)OCC(OC(Sc1cnc(C#N)c(Cl)c1)[C@H](Cn1cc(-c2cc(F)c(F)c(F)c2)nn1)OC(C)=O)[C@@H](C)OC(C)=O.